The molecule has 1 saturated heterocycles. The topological polar surface area (TPSA) is 63.9 Å². The van der Waals surface area contributed by atoms with Gasteiger partial charge in [-0.05, 0) is 61.6 Å². The third-order valence-corrected chi connectivity index (χ3v) is 6.89. The maximum atomic E-state index is 13.5. The molecular formula is C25H25N3O3S2. The van der Waals surface area contributed by atoms with Gasteiger partial charge in [0.1, 0.15) is 21.3 Å². The number of aromatic nitrogens is 2. The fraction of sp³-hybridized carbons (Fsp3) is 0.280. The molecule has 3 heterocycles. The highest BCUT2D eigenvalue weighted by molar-refractivity contribution is 8.26. The van der Waals surface area contributed by atoms with E-state index in [1.807, 2.05) is 58.9 Å². The van der Waals surface area contributed by atoms with Crippen molar-refractivity contribution < 1.29 is 9.53 Å². The first kappa shape index (κ1) is 23.2. The van der Waals surface area contributed by atoms with Gasteiger partial charge in [0.05, 0.1) is 4.91 Å². The maximum absolute atomic E-state index is 13.5. The van der Waals surface area contributed by atoms with E-state index in [9.17, 15) is 9.59 Å². The predicted molar refractivity (Wildman–Crippen MR) is 137 cm³/mol. The van der Waals surface area contributed by atoms with E-state index < -0.39 is 0 Å². The lowest BCUT2D eigenvalue weighted by Gasteiger charge is -2.16. The van der Waals surface area contributed by atoms with Crippen LogP contribution in [0.1, 0.15) is 36.1 Å². The Hall–Kier alpha value is -2.97. The van der Waals surface area contributed by atoms with Gasteiger partial charge in [-0.15, -0.1) is 0 Å². The van der Waals surface area contributed by atoms with Crippen molar-refractivity contribution in [3.05, 3.63) is 74.0 Å². The average Bonchev–Trinajstić information content (AvgIpc) is 3.02. The van der Waals surface area contributed by atoms with Gasteiger partial charge in [0, 0.05) is 12.7 Å². The molecule has 0 spiro atoms. The molecule has 0 atom stereocenters. The molecule has 2 aromatic heterocycles. The summed E-state index contributed by atoms with van der Waals surface area (Å²) in [6, 6.07) is 9.42. The molecule has 0 unspecified atom stereocenters. The molecule has 6 nitrogen and oxygen atoms in total. The van der Waals surface area contributed by atoms with Crippen LogP contribution >= 0.6 is 24.0 Å². The van der Waals surface area contributed by atoms with Crippen molar-refractivity contribution in [1.82, 2.24) is 14.3 Å². The number of hydrogen-bond acceptors (Lipinski definition) is 6. The number of carbonyl (C=O) groups excluding carboxylic acids is 1. The van der Waals surface area contributed by atoms with Crippen molar-refractivity contribution in [2.45, 2.75) is 34.6 Å². The zero-order chi connectivity index (χ0) is 23.9. The van der Waals surface area contributed by atoms with Gasteiger partial charge in [-0.1, -0.05) is 56.0 Å². The Bertz CT molecular complexity index is 1380. The summed E-state index contributed by atoms with van der Waals surface area (Å²) in [4.78, 5) is 33.2. The third kappa shape index (κ3) is 4.45. The van der Waals surface area contributed by atoms with Crippen molar-refractivity contribution in [3.63, 3.8) is 0 Å². The number of rotatable bonds is 5. The van der Waals surface area contributed by atoms with Crippen molar-refractivity contribution >= 4 is 45.9 Å². The number of thiocarbonyl (C=S) groups is 1. The second-order valence-electron chi connectivity index (χ2n) is 8.51. The summed E-state index contributed by atoms with van der Waals surface area (Å²) in [6.45, 7) is 10.4. The highest BCUT2D eigenvalue weighted by atomic mass is 32.2. The molecule has 1 aromatic carbocycles. The Morgan fingerprint density at radius 1 is 1.12 bits per heavy atom. The van der Waals surface area contributed by atoms with E-state index >= 15 is 0 Å². The van der Waals surface area contributed by atoms with Crippen LogP contribution in [0.3, 0.4) is 0 Å². The summed E-state index contributed by atoms with van der Waals surface area (Å²) < 4.78 is 8.16. The molecule has 0 N–H and O–H groups in total. The number of ether oxygens (including phenoxy) is 1. The third-order valence-electron chi connectivity index (χ3n) is 5.51. The summed E-state index contributed by atoms with van der Waals surface area (Å²) in [5.41, 5.74) is 3.28. The molecule has 0 radical (unpaired) electrons. The summed E-state index contributed by atoms with van der Waals surface area (Å²) in [6.07, 6.45) is 3.23. The summed E-state index contributed by atoms with van der Waals surface area (Å²) >= 11 is 6.62. The van der Waals surface area contributed by atoms with E-state index in [0.717, 1.165) is 16.7 Å². The summed E-state index contributed by atoms with van der Waals surface area (Å²) in [5, 5.41) is 0. The van der Waals surface area contributed by atoms with E-state index in [-0.39, 0.29) is 28.8 Å². The fourth-order valence-corrected chi connectivity index (χ4v) is 4.84. The molecule has 4 rings (SSSR count). The van der Waals surface area contributed by atoms with Crippen LogP contribution in [0.2, 0.25) is 0 Å². The summed E-state index contributed by atoms with van der Waals surface area (Å²) in [7, 11) is 0. The first-order valence-corrected chi connectivity index (χ1v) is 11.9. The van der Waals surface area contributed by atoms with Crippen LogP contribution in [0.4, 0.5) is 0 Å². The minimum Gasteiger partial charge on any atom is -0.438 e. The van der Waals surface area contributed by atoms with Crippen molar-refractivity contribution in [2.75, 3.05) is 6.54 Å². The fourth-order valence-electron chi connectivity index (χ4n) is 3.59. The molecule has 3 aromatic rings. The van der Waals surface area contributed by atoms with E-state index in [1.165, 1.54) is 16.2 Å². The Labute approximate surface area is 202 Å². The largest absolute Gasteiger partial charge is 0.438 e. The quantitative estimate of drug-likeness (QED) is 0.367. The van der Waals surface area contributed by atoms with Gasteiger partial charge in [-0.2, -0.15) is 4.98 Å². The second-order valence-corrected chi connectivity index (χ2v) is 10.2. The number of benzene rings is 1. The number of amides is 1. The van der Waals surface area contributed by atoms with Gasteiger partial charge < -0.3 is 4.74 Å². The van der Waals surface area contributed by atoms with Crippen LogP contribution in [-0.4, -0.2) is 31.1 Å². The second kappa shape index (κ2) is 9.11. The number of fused-ring (bicyclic) bond motifs is 1. The number of thioether (sulfide) groups is 1. The lowest BCUT2D eigenvalue weighted by molar-refractivity contribution is -0.122. The molecule has 33 heavy (non-hydrogen) atoms. The van der Waals surface area contributed by atoms with Crippen LogP contribution in [0.5, 0.6) is 11.6 Å². The first-order chi connectivity index (χ1) is 15.7. The van der Waals surface area contributed by atoms with Crippen molar-refractivity contribution in [2.24, 2.45) is 5.92 Å². The molecular weight excluding hydrogens is 454 g/mol. The Kier molecular flexibility index (Phi) is 6.41. The van der Waals surface area contributed by atoms with Gasteiger partial charge in [0.2, 0.25) is 5.88 Å². The molecule has 1 aliphatic rings. The normalized spacial score (nSPS) is 15.3. The number of nitrogens with zero attached hydrogens (tertiary/aromatic N) is 3. The summed E-state index contributed by atoms with van der Waals surface area (Å²) in [5.74, 6) is 0.843. The number of hydrogen-bond donors (Lipinski definition) is 0. The highest BCUT2D eigenvalue weighted by Crippen LogP contribution is 2.35. The SMILES string of the molecule is Cc1cccc(Oc2nc3c(C)cccn3c(=O)c2/C=C2/SC(=S)N(CC(C)C)C2=O)c1C. The smallest absolute Gasteiger partial charge is 0.269 e. The first-order valence-electron chi connectivity index (χ1n) is 10.7. The van der Waals surface area contributed by atoms with E-state index in [2.05, 4.69) is 4.98 Å². The molecule has 0 bridgehead atoms. The zero-order valence-electron chi connectivity index (χ0n) is 19.2. The molecule has 0 aliphatic carbocycles. The van der Waals surface area contributed by atoms with Crippen molar-refractivity contribution in [1.29, 1.82) is 0 Å². The molecule has 170 valence electrons. The standard InChI is InChI=1S/C25H25N3O3S2/c1-14(2)13-28-24(30)20(33-25(28)32)12-18-22(31-19-10-6-8-15(3)17(19)5)26-21-16(4)9-7-11-27(21)23(18)29/h6-12,14H,13H2,1-5H3/b20-12+. The number of carbonyl (C=O) groups is 1. The van der Waals surface area contributed by atoms with E-state index in [0.29, 0.717) is 27.2 Å². The van der Waals surface area contributed by atoms with Crippen LogP contribution in [0, 0.1) is 26.7 Å². The average molecular weight is 480 g/mol. The Balaban J connectivity index is 1.89. The van der Waals surface area contributed by atoms with E-state index in [1.54, 1.807) is 23.2 Å². The lowest BCUT2D eigenvalue weighted by Crippen LogP contribution is -2.31. The van der Waals surface area contributed by atoms with E-state index in [4.69, 9.17) is 17.0 Å². The number of aryl methyl sites for hydroxylation is 2. The van der Waals surface area contributed by atoms with Gasteiger partial charge >= 0.3 is 0 Å². The minimum atomic E-state index is -0.307. The van der Waals surface area contributed by atoms with Crippen LogP contribution in [-0.2, 0) is 4.79 Å². The van der Waals surface area contributed by atoms with Crippen molar-refractivity contribution in [3.8, 4) is 11.6 Å². The highest BCUT2D eigenvalue weighted by Gasteiger charge is 2.33. The minimum absolute atomic E-state index is 0.164. The number of pyridine rings is 1. The van der Waals surface area contributed by atoms with Gasteiger partial charge in [0.25, 0.3) is 11.5 Å². The lowest BCUT2D eigenvalue weighted by atomic mass is 10.1. The van der Waals surface area contributed by atoms with Crippen LogP contribution < -0.4 is 10.3 Å². The predicted octanol–water partition coefficient (Wildman–Crippen LogP) is 5.27. The van der Waals surface area contributed by atoms with Crippen LogP contribution in [0.15, 0.2) is 46.2 Å². The van der Waals surface area contributed by atoms with Gasteiger partial charge in [0.15, 0.2) is 0 Å². The molecule has 1 fully saturated rings. The molecule has 1 aliphatic heterocycles. The Morgan fingerprint density at radius 3 is 2.58 bits per heavy atom. The molecule has 0 saturated carbocycles. The zero-order valence-corrected chi connectivity index (χ0v) is 20.8. The monoisotopic (exact) mass is 479 g/mol. The maximum Gasteiger partial charge on any atom is 0.269 e. The molecule has 1 amide bonds. The van der Waals surface area contributed by atoms with Gasteiger partial charge in [-0.3, -0.25) is 18.9 Å². The Morgan fingerprint density at radius 2 is 1.85 bits per heavy atom. The van der Waals surface area contributed by atoms with Crippen LogP contribution in [0.25, 0.3) is 11.7 Å². The molecule has 8 heteroatoms. The van der Waals surface area contributed by atoms with Gasteiger partial charge in [-0.25, -0.2) is 0 Å².